The van der Waals surface area contributed by atoms with Crippen LogP contribution in [0.4, 0.5) is 4.39 Å². The number of nitrogens with one attached hydrogen (secondary N) is 1. The normalized spacial score (nSPS) is 19.7. The second kappa shape index (κ2) is 6.89. The van der Waals surface area contributed by atoms with E-state index >= 15 is 0 Å². The average molecular weight is 304 g/mol. The van der Waals surface area contributed by atoms with Crippen LogP contribution >= 0.6 is 0 Å². The van der Waals surface area contributed by atoms with Crippen LogP contribution in [0, 0.1) is 22.6 Å². The summed E-state index contributed by atoms with van der Waals surface area (Å²) in [5, 5.41) is 22.4. The highest BCUT2D eigenvalue weighted by atomic mass is 19.1. The van der Waals surface area contributed by atoms with Crippen molar-refractivity contribution in [1.29, 1.82) is 5.26 Å². The Hall–Kier alpha value is -1.93. The molecule has 1 aromatic carbocycles. The molecular formula is C17H21FN2O2. The number of halogens is 1. The lowest BCUT2D eigenvalue weighted by Gasteiger charge is -2.31. The van der Waals surface area contributed by atoms with E-state index in [4.69, 9.17) is 0 Å². The van der Waals surface area contributed by atoms with Gasteiger partial charge < -0.3 is 10.4 Å². The number of rotatable bonds is 4. The Kier molecular flexibility index (Phi) is 5.15. The van der Waals surface area contributed by atoms with Crippen LogP contribution in [0.15, 0.2) is 24.3 Å². The largest absolute Gasteiger partial charge is 0.386 e. The molecule has 2 N–H and O–H groups in total. The zero-order valence-electron chi connectivity index (χ0n) is 12.7. The number of nitriles is 1. The van der Waals surface area contributed by atoms with Gasteiger partial charge in [0.15, 0.2) is 0 Å². The maximum Gasteiger partial charge on any atom is 0.240 e. The van der Waals surface area contributed by atoms with E-state index in [9.17, 15) is 19.6 Å². The summed E-state index contributed by atoms with van der Waals surface area (Å²) in [7, 11) is 0. The molecule has 0 bridgehead atoms. The molecule has 4 nitrogen and oxygen atoms in total. The minimum Gasteiger partial charge on any atom is -0.386 e. The van der Waals surface area contributed by atoms with Crippen molar-refractivity contribution < 1.29 is 14.3 Å². The zero-order chi connectivity index (χ0) is 16.2. The molecule has 118 valence electrons. The van der Waals surface area contributed by atoms with Gasteiger partial charge >= 0.3 is 0 Å². The van der Waals surface area contributed by atoms with Gasteiger partial charge in [0.05, 0.1) is 18.2 Å². The number of hydrogen-bond acceptors (Lipinski definition) is 3. The molecule has 2 rings (SSSR count). The van der Waals surface area contributed by atoms with Gasteiger partial charge in [0.1, 0.15) is 11.2 Å². The number of benzene rings is 1. The van der Waals surface area contributed by atoms with E-state index < -0.39 is 17.6 Å². The lowest BCUT2D eigenvalue weighted by molar-refractivity contribution is -0.131. The van der Waals surface area contributed by atoms with Crippen LogP contribution in [0.2, 0.25) is 0 Å². The fourth-order valence-corrected chi connectivity index (χ4v) is 2.92. The lowest BCUT2D eigenvalue weighted by Crippen LogP contribution is -2.46. The molecule has 0 saturated heterocycles. The SMILES string of the molecule is CC(NC(=O)C1(C#N)CCCCC1)C(O)c1ccc(F)cc1. The first-order chi connectivity index (χ1) is 10.5. The molecule has 2 atom stereocenters. The molecule has 1 aromatic rings. The zero-order valence-corrected chi connectivity index (χ0v) is 12.7. The fourth-order valence-electron chi connectivity index (χ4n) is 2.92. The van der Waals surface area contributed by atoms with Crippen molar-refractivity contribution in [3.63, 3.8) is 0 Å². The van der Waals surface area contributed by atoms with Crippen LogP contribution < -0.4 is 5.32 Å². The van der Waals surface area contributed by atoms with Crippen molar-refractivity contribution in [2.45, 2.75) is 51.2 Å². The average Bonchev–Trinajstić information content (AvgIpc) is 2.55. The number of amides is 1. The number of aliphatic hydroxyl groups excluding tert-OH is 1. The number of carbonyl (C=O) groups is 1. The second-order valence-corrected chi connectivity index (χ2v) is 6.01. The van der Waals surface area contributed by atoms with Crippen LogP contribution in [-0.2, 0) is 4.79 Å². The van der Waals surface area contributed by atoms with E-state index in [2.05, 4.69) is 11.4 Å². The van der Waals surface area contributed by atoms with Crippen LogP contribution in [-0.4, -0.2) is 17.1 Å². The van der Waals surface area contributed by atoms with Crippen LogP contribution in [0.25, 0.3) is 0 Å². The molecule has 0 spiro atoms. The molecule has 0 radical (unpaired) electrons. The first kappa shape index (κ1) is 16.4. The predicted octanol–water partition coefficient (Wildman–Crippen LogP) is 2.84. The molecule has 1 saturated carbocycles. The van der Waals surface area contributed by atoms with E-state index in [0.29, 0.717) is 18.4 Å². The van der Waals surface area contributed by atoms with Crippen molar-refractivity contribution in [3.05, 3.63) is 35.6 Å². The first-order valence-electron chi connectivity index (χ1n) is 7.64. The Balaban J connectivity index is 2.04. The van der Waals surface area contributed by atoms with Crippen molar-refractivity contribution in [3.8, 4) is 6.07 Å². The number of aliphatic hydroxyl groups is 1. The van der Waals surface area contributed by atoms with Crippen LogP contribution in [0.3, 0.4) is 0 Å². The summed E-state index contributed by atoms with van der Waals surface area (Å²) < 4.78 is 12.9. The van der Waals surface area contributed by atoms with E-state index in [-0.39, 0.29) is 11.7 Å². The minimum atomic E-state index is -0.977. The van der Waals surface area contributed by atoms with Gasteiger partial charge in [0.2, 0.25) is 5.91 Å². The third kappa shape index (κ3) is 3.45. The molecule has 1 aliphatic carbocycles. The summed E-state index contributed by atoms with van der Waals surface area (Å²) in [5.74, 6) is -0.693. The van der Waals surface area contributed by atoms with E-state index in [0.717, 1.165) is 19.3 Å². The highest BCUT2D eigenvalue weighted by Gasteiger charge is 2.40. The Labute approximate surface area is 130 Å². The highest BCUT2D eigenvalue weighted by Crippen LogP contribution is 2.36. The molecule has 1 amide bonds. The fraction of sp³-hybridized carbons (Fsp3) is 0.529. The number of nitrogens with zero attached hydrogens (tertiary/aromatic N) is 1. The smallest absolute Gasteiger partial charge is 0.240 e. The summed E-state index contributed by atoms with van der Waals surface area (Å²) in [5.41, 5.74) is -0.446. The predicted molar refractivity (Wildman–Crippen MR) is 80.1 cm³/mol. The molecule has 22 heavy (non-hydrogen) atoms. The molecule has 0 heterocycles. The third-order valence-electron chi connectivity index (χ3n) is 4.40. The summed E-state index contributed by atoms with van der Waals surface area (Å²) in [6, 6.07) is 7.13. The van der Waals surface area contributed by atoms with Crippen molar-refractivity contribution >= 4 is 5.91 Å². The summed E-state index contributed by atoms with van der Waals surface area (Å²) in [6.07, 6.45) is 2.98. The molecule has 1 fully saturated rings. The Morgan fingerprint density at radius 3 is 2.45 bits per heavy atom. The topological polar surface area (TPSA) is 73.1 Å². The van der Waals surface area contributed by atoms with Gasteiger partial charge in [-0.05, 0) is 37.5 Å². The summed E-state index contributed by atoms with van der Waals surface area (Å²) in [6.45, 7) is 1.68. The van der Waals surface area contributed by atoms with Crippen molar-refractivity contribution in [2.24, 2.45) is 5.41 Å². The highest BCUT2D eigenvalue weighted by molar-refractivity contribution is 5.85. The molecule has 0 aliphatic heterocycles. The molecule has 5 heteroatoms. The van der Waals surface area contributed by atoms with Gasteiger partial charge in [0.25, 0.3) is 0 Å². The second-order valence-electron chi connectivity index (χ2n) is 6.01. The molecule has 2 unspecified atom stereocenters. The quantitative estimate of drug-likeness (QED) is 0.898. The van der Waals surface area contributed by atoms with E-state index in [1.165, 1.54) is 24.3 Å². The maximum absolute atomic E-state index is 12.9. The number of carbonyl (C=O) groups excluding carboxylic acids is 1. The van der Waals surface area contributed by atoms with Gasteiger partial charge in [0, 0.05) is 0 Å². The van der Waals surface area contributed by atoms with Gasteiger partial charge in [-0.15, -0.1) is 0 Å². The number of hydrogen-bond donors (Lipinski definition) is 2. The van der Waals surface area contributed by atoms with Crippen molar-refractivity contribution in [1.82, 2.24) is 5.32 Å². The maximum atomic E-state index is 12.9. The molecule has 1 aliphatic rings. The van der Waals surface area contributed by atoms with E-state index in [1.807, 2.05) is 0 Å². The standard InChI is InChI=1S/C17H21FN2O2/c1-12(15(21)13-5-7-14(18)8-6-13)20-16(22)17(11-19)9-3-2-4-10-17/h5-8,12,15,21H,2-4,9-10H2,1H3,(H,20,22). The van der Waals surface area contributed by atoms with Gasteiger partial charge in [-0.2, -0.15) is 5.26 Å². The first-order valence-corrected chi connectivity index (χ1v) is 7.64. The Morgan fingerprint density at radius 1 is 1.32 bits per heavy atom. The Morgan fingerprint density at radius 2 is 1.91 bits per heavy atom. The third-order valence-corrected chi connectivity index (χ3v) is 4.40. The van der Waals surface area contributed by atoms with Gasteiger partial charge in [-0.25, -0.2) is 4.39 Å². The minimum absolute atomic E-state index is 0.316. The van der Waals surface area contributed by atoms with Crippen LogP contribution in [0.5, 0.6) is 0 Å². The molecular weight excluding hydrogens is 283 g/mol. The van der Waals surface area contributed by atoms with Crippen LogP contribution in [0.1, 0.15) is 50.7 Å². The summed E-state index contributed by atoms with van der Waals surface area (Å²) in [4.78, 5) is 12.4. The lowest BCUT2D eigenvalue weighted by atomic mass is 9.74. The van der Waals surface area contributed by atoms with Gasteiger partial charge in [-0.3, -0.25) is 4.79 Å². The summed E-state index contributed by atoms with van der Waals surface area (Å²) >= 11 is 0. The van der Waals surface area contributed by atoms with Crippen molar-refractivity contribution in [2.75, 3.05) is 0 Å². The Bertz CT molecular complexity index is 559. The monoisotopic (exact) mass is 304 g/mol. The van der Waals surface area contributed by atoms with Gasteiger partial charge in [-0.1, -0.05) is 31.4 Å². The molecule has 0 aromatic heterocycles. The van der Waals surface area contributed by atoms with E-state index in [1.54, 1.807) is 6.92 Å².